The Hall–Kier alpha value is -1.71. The minimum absolute atomic E-state index is 0.163. The summed E-state index contributed by atoms with van der Waals surface area (Å²) < 4.78 is 1.55. The highest BCUT2D eigenvalue weighted by Gasteiger charge is 2.11. The Labute approximate surface area is 124 Å². The molecule has 1 amide bonds. The Kier molecular flexibility index (Phi) is 5.27. The van der Waals surface area contributed by atoms with E-state index < -0.39 is 0 Å². The third-order valence-electron chi connectivity index (χ3n) is 2.21. The average molecular weight is 314 g/mol. The number of carbonyl (C=O) groups excluding carboxylic acids is 1. The van der Waals surface area contributed by atoms with Gasteiger partial charge in [-0.3, -0.25) is 4.79 Å². The molecule has 2 aromatic heterocycles. The normalized spacial score (nSPS) is 10.5. The highest BCUT2D eigenvalue weighted by atomic mass is 35.5. The van der Waals surface area contributed by atoms with Crippen LogP contribution in [-0.2, 0) is 11.3 Å². The molecule has 8 nitrogen and oxygen atoms in total. The Morgan fingerprint density at radius 1 is 1.55 bits per heavy atom. The van der Waals surface area contributed by atoms with E-state index in [-0.39, 0.29) is 16.8 Å². The van der Waals surface area contributed by atoms with Crippen molar-refractivity contribution in [2.45, 2.75) is 11.7 Å². The van der Waals surface area contributed by atoms with Crippen LogP contribution in [0.5, 0.6) is 0 Å². The average Bonchev–Trinajstić information content (AvgIpc) is 2.87. The summed E-state index contributed by atoms with van der Waals surface area (Å²) in [7, 11) is 0. The third kappa shape index (κ3) is 3.89. The molecule has 10 heteroatoms. The molecular weight excluding hydrogens is 302 g/mol. The van der Waals surface area contributed by atoms with E-state index in [2.05, 4.69) is 25.8 Å². The fourth-order valence-corrected chi connectivity index (χ4v) is 2.23. The number of carbonyl (C=O) groups is 1. The van der Waals surface area contributed by atoms with Crippen LogP contribution in [0.2, 0.25) is 5.15 Å². The van der Waals surface area contributed by atoms with Gasteiger partial charge in [0.25, 0.3) is 0 Å². The molecule has 0 aliphatic heterocycles. The van der Waals surface area contributed by atoms with Crippen LogP contribution in [0.1, 0.15) is 0 Å². The summed E-state index contributed by atoms with van der Waals surface area (Å²) in [5.41, 5.74) is 5.91. The van der Waals surface area contributed by atoms with Gasteiger partial charge in [-0.1, -0.05) is 23.4 Å². The molecule has 3 N–H and O–H groups in total. The van der Waals surface area contributed by atoms with Gasteiger partial charge in [0.2, 0.25) is 11.1 Å². The molecule has 0 spiro atoms. The minimum atomic E-state index is -0.216. The van der Waals surface area contributed by atoms with Gasteiger partial charge in [-0.05, 0) is 22.6 Å². The molecule has 0 saturated carbocycles. The molecule has 0 aromatic carbocycles. The molecule has 0 saturated heterocycles. The standard InChI is InChI=1S/C10H12ClN7OS/c11-9-7(2-1-4-13-9)14-8(19)6-20-10-15-16-17-18(10)5-3-12/h1-2,4H,3,5-6,12H2,(H,14,19). The lowest BCUT2D eigenvalue weighted by molar-refractivity contribution is -0.113. The molecule has 0 fully saturated rings. The highest BCUT2D eigenvalue weighted by molar-refractivity contribution is 7.99. The predicted octanol–water partition coefficient (Wildman–Crippen LogP) is 0.411. The van der Waals surface area contributed by atoms with E-state index in [1.54, 1.807) is 23.0 Å². The van der Waals surface area contributed by atoms with Gasteiger partial charge in [0.1, 0.15) is 0 Å². The second-order valence-corrected chi connectivity index (χ2v) is 4.95. The van der Waals surface area contributed by atoms with Crippen LogP contribution >= 0.6 is 23.4 Å². The number of halogens is 1. The van der Waals surface area contributed by atoms with Crippen LogP contribution < -0.4 is 11.1 Å². The van der Waals surface area contributed by atoms with Crippen LogP contribution in [0.15, 0.2) is 23.5 Å². The quantitative estimate of drug-likeness (QED) is 0.587. The number of thioether (sulfide) groups is 1. The minimum Gasteiger partial charge on any atom is -0.329 e. The largest absolute Gasteiger partial charge is 0.329 e. The zero-order valence-corrected chi connectivity index (χ0v) is 11.9. The highest BCUT2D eigenvalue weighted by Crippen LogP contribution is 2.19. The van der Waals surface area contributed by atoms with E-state index in [4.69, 9.17) is 17.3 Å². The van der Waals surface area contributed by atoms with Crippen molar-refractivity contribution in [3.8, 4) is 0 Å². The van der Waals surface area contributed by atoms with Crippen LogP contribution in [-0.4, -0.2) is 43.4 Å². The number of tetrazole rings is 1. The monoisotopic (exact) mass is 313 g/mol. The molecular formula is C10H12ClN7OS. The van der Waals surface area contributed by atoms with Crippen molar-refractivity contribution in [2.24, 2.45) is 5.73 Å². The fraction of sp³-hybridized carbons (Fsp3) is 0.300. The Morgan fingerprint density at radius 3 is 3.15 bits per heavy atom. The van der Waals surface area contributed by atoms with Crippen LogP contribution in [0, 0.1) is 0 Å². The lowest BCUT2D eigenvalue weighted by atomic mass is 10.4. The summed E-state index contributed by atoms with van der Waals surface area (Å²) in [4.78, 5) is 15.7. The van der Waals surface area contributed by atoms with E-state index >= 15 is 0 Å². The van der Waals surface area contributed by atoms with Gasteiger partial charge >= 0.3 is 0 Å². The molecule has 0 bridgehead atoms. The van der Waals surface area contributed by atoms with Gasteiger partial charge in [0.15, 0.2) is 5.15 Å². The summed E-state index contributed by atoms with van der Waals surface area (Å²) in [6.07, 6.45) is 1.55. The van der Waals surface area contributed by atoms with Gasteiger partial charge in [-0.2, -0.15) is 0 Å². The van der Waals surface area contributed by atoms with Crippen molar-refractivity contribution in [2.75, 3.05) is 17.6 Å². The molecule has 0 radical (unpaired) electrons. The first-order valence-corrected chi connectivity index (χ1v) is 7.06. The number of nitrogens with one attached hydrogen (secondary N) is 1. The van der Waals surface area contributed by atoms with Crippen molar-refractivity contribution < 1.29 is 4.79 Å². The van der Waals surface area contributed by atoms with Gasteiger partial charge in [0.05, 0.1) is 18.0 Å². The lowest BCUT2D eigenvalue weighted by Gasteiger charge is -2.06. The maximum Gasteiger partial charge on any atom is 0.234 e. The smallest absolute Gasteiger partial charge is 0.234 e. The summed E-state index contributed by atoms with van der Waals surface area (Å²) >= 11 is 7.07. The van der Waals surface area contributed by atoms with Crippen molar-refractivity contribution in [1.29, 1.82) is 0 Å². The number of hydrogen-bond donors (Lipinski definition) is 2. The molecule has 20 heavy (non-hydrogen) atoms. The number of amides is 1. The predicted molar refractivity (Wildman–Crippen MR) is 75.5 cm³/mol. The van der Waals surface area contributed by atoms with E-state index in [0.717, 1.165) is 0 Å². The summed E-state index contributed by atoms with van der Waals surface area (Å²) in [5, 5.41) is 14.6. The first-order chi connectivity index (χ1) is 9.70. The Balaban J connectivity index is 1.89. The first-order valence-electron chi connectivity index (χ1n) is 5.70. The van der Waals surface area contributed by atoms with Gasteiger partial charge in [0, 0.05) is 12.7 Å². The van der Waals surface area contributed by atoms with Gasteiger partial charge in [-0.25, -0.2) is 9.67 Å². The number of rotatable bonds is 6. The van der Waals surface area contributed by atoms with Gasteiger partial charge < -0.3 is 11.1 Å². The fourth-order valence-electron chi connectivity index (χ4n) is 1.36. The topological polar surface area (TPSA) is 112 Å². The molecule has 0 atom stereocenters. The summed E-state index contributed by atoms with van der Waals surface area (Å²) in [5.74, 6) is -0.0527. The molecule has 2 rings (SSSR count). The van der Waals surface area contributed by atoms with E-state index in [9.17, 15) is 4.79 Å². The van der Waals surface area contributed by atoms with E-state index in [0.29, 0.717) is 23.9 Å². The zero-order chi connectivity index (χ0) is 14.4. The molecule has 2 aromatic rings. The van der Waals surface area contributed by atoms with Crippen molar-refractivity contribution in [1.82, 2.24) is 25.2 Å². The number of aromatic nitrogens is 5. The molecule has 106 valence electrons. The molecule has 0 aliphatic rings. The molecule has 0 aliphatic carbocycles. The second-order valence-electron chi connectivity index (χ2n) is 3.65. The summed E-state index contributed by atoms with van der Waals surface area (Å²) in [6, 6.07) is 3.37. The Bertz CT molecular complexity index is 590. The van der Waals surface area contributed by atoms with E-state index in [1.165, 1.54) is 11.8 Å². The third-order valence-corrected chi connectivity index (χ3v) is 3.46. The van der Waals surface area contributed by atoms with Crippen LogP contribution in [0.25, 0.3) is 0 Å². The number of nitrogens with two attached hydrogens (primary N) is 1. The van der Waals surface area contributed by atoms with Crippen molar-refractivity contribution >= 4 is 35.0 Å². The van der Waals surface area contributed by atoms with Gasteiger partial charge in [-0.15, -0.1) is 5.10 Å². The van der Waals surface area contributed by atoms with E-state index in [1.807, 2.05) is 0 Å². The zero-order valence-electron chi connectivity index (χ0n) is 10.4. The first kappa shape index (κ1) is 14.7. The summed E-state index contributed by atoms with van der Waals surface area (Å²) in [6.45, 7) is 0.932. The van der Waals surface area contributed by atoms with Crippen molar-refractivity contribution in [3.05, 3.63) is 23.5 Å². The molecule has 0 unspecified atom stereocenters. The van der Waals surface area contributed by atoms with Crippen molar-refractivity contribution in [3.63, 3.8) is 0 Å². The SMILES string of the molecule is NCCn1nnnc1SCC(=O)Nc1cccnc1Cl. The number of anilines is 1. The molecule has 2 heterocycles. The van der Waals surface area contributed by atoms with Crippen LogP contribution in [0.3, 0.4) is 0 Å². The number of hydrogen-bond acceptors (Lipinski definition) is 7. The number of pyridine rings is 1. The Morgan fingerprint density at radius 2 is 2.40 bits per heavy atom. The lowest BCUT2D eigenvalue weighted by Crippen LogP contribution is -2.16. The van der Waals surface area contributed by atoms with Crippen LogP contribution in [0.4, 0.5) is 5.69 Å². The maximum atomic E-state index is 11.8. The maximum absolute atomic E-state index is 11.8. The second kappa shape index (κ2) is 7.17. The number of nitrogens with zero attached hydrogens (tertiary/aromatic N) is 5.